The van der Waals surface area contributed by atoms with Gasteiger partial charge in [0.1, 0.15) is 5.37 Å². The molecule has 0 spiro atoms. The molecular formula is C12H16N2O2S. The first-order valence-electron chi connectivity index (χ1n) is 5.72. The Labute approximate surface area is 105 Å². The Kier molecular flexibility index (Phi) is 4.39. The molecule has 1 aliphatic rings. The maximum atomic E-state index is 11.8. The van der Waals surface area contributed by atoms with Crippen molar-refractivity contribution in [3.05, 3.63) is 30.1 Å². The van der Waals surface area contributed by atoms with Crippen molar-refractivity contribution in [2.24, 2.45) is 0 Å². The minimum Gasteiger partial charge on any atom is -0.380 e. The average Bonchev–Trinajstić information content (AvgIpc) is 2.73. The van der Waals surface area contributed by atoms with E-state index in [1.165, 1.54) is 0 Å². The van der Waals surface area contributed by atoms with E-state index in [0.717, 1.165) is 5.69 Å². The lowest BCUT2D eigenvalue weighted by atomic mass is 10.3. The van der Waals surface area contributed by atoms with Crippen LogP contribution in [0.2, 0.25) is 0 Å². The number of hydrogen-bond donors (Lipinski definition) is 0. The third-order valence-electron chi connectivity index (χ3n) is 2.59. The Bertz CT molecular complexity index is 372. The summed E-state index contributed by atoms with van der Waals surface area (Å²) in [5, 5.41) is 0.0455. The number of carbonyl (C=O) groups is 1. The topological polar surface area (TPSA) is 42.4 Å². The molecule has 0 radical (unpaired) electrons. The highest BCUT2D eigenvalue weighted by Gasteiger charge is 2.33. The summed E-state index contributed by atoms with van der Waals surface area (Å²) in [6.45, 7) is 3.87. The third-order valence-corrected chi connectivity index (χ3v) is 3.81. The van der Waals surface area contributed by atoms with Crippen molar-refractivity contribution >= 4 is 17.7 Å². The molecule has 5 heteroatoms. The molecule has 17 heavy (non-hydrogen) atoms. The number of pyridine rings is 1. The summed E-state index contributed by atoms with van der Waals surface area (Å²) in [4.78, 5) is 17.9. The van der Waals surface area contributed by atoms with Gasteiger partial charge in [0.25, 0.3) is 0 Å². The molecule has 1 aromatic rings. The highest BCUT2D eigenvalue weighted by molar-refractivity contribution is 8.00. The van der Waals surface area contributed by atoms with Crippen molar-refractivity contribution in [2.75, 3.05) is 25.5 Å². The van der Waals surface area contributed by atoms with Gasteiger partial charge in [0.05, 0.1) is 18.1 Å². The van der Waals surface area contributed by atoms with Crippen LogP contribution >= 0.6 is 11.8 Å². The third kappa shape index (κ3) is 2.98. The van der Waals surface area contributed by atoms with E-state index in [2.05, 4.69) is 4.98 Å². The fourth-order valence-corrected chi connectivity index (χ4v) is 2.95. The van der Waals surface area contributed by atoms with Crippen molar-refractivity contribution in [1.29, 1.82) is 0 Å². The largest absolute Gasteiger partial charge is 0.380 e. The molecule has 1 aromatic heterocycles. The van der Waals surface area contributed by atoms with Gasteiger partial charge in [-0.1, -0.05) is 6.07 Å². The van der Waals surface area contributed by atoms with E-state index >= 15 is 0 Å². The van der Waals surface area contributed by atoms with Crippen LogP contribution in [0.3, 0.4) is 0 Å². The molecule has 1 aliphatic heterocycles. The maximum Gasteiger partial charge on any atom is 0.233 e. The molecule has 0 saturated carbocycles. The molecule has 1 unspecified atom stereocenters. The Morgan fingerprint density at radius 2 is 2.47 bits per heavy atom. The van der Waals surface area contributed by atoms with Gasteiger partial charge in [-0.05, 0) is 19.1 Å². The van der Waals surface area contributed by atoms with Crippen LogP contribution in [0.15, 0.2) is 24.4 Å². The maximum absolute atomic E-state index is 11.8. The Hall–Kier alpha value is -1.07. The van der Waals surface area contributed by atoms with E-state index in [1.807, 2.05) is 30.0 Å². The van der Waals surface area contributed by atoms with E-state index in [1.54, 1.807) is 18.0 Å². The fraction of sp³-hybridized carbons (Fsp3) is 0.500. The van der Waals surface area contributed by atoms with Crippen LogP contribution in [0.25, 0.3) is 0 Å². The molecule has 1 fully saturated rings. The van der Waals surface area contributed by atoms with Crippen molar-refractivity contribution in [3.8, 4) is 0 Å². The number of carbonyl (C=O) groups excluding carboxylic acids is 1. The summed E-state index contributed by atoms with van der Waals surface area (Å²) in [5.74, 6) is 0.707. The zero-order valence-corrected chi connectivity index (χ0v) is 10.7. The van der Waals surface area contributed by atoms with Gasteiger partial charge in [0.2, 0.25) is 5.91 Å². The monoisotopic (exact) mass is 252 g/mol. The van der Waals surface area contributed by atoms with Gasteiger partial charge in [0, 0.05) is 19.3 Å². The zero-order valence-electron chi connectivity index (χ0n) is 9.83. The predicted octanol–water partition coefficient (Wildman–Crippen LogP) is 1.69. The summed E-state index contributed by atoms with van der Waals surface area (Å²) in [6.07, 6.45) is 1.76. The molecule has 92 valence electrons. The molecule has 0 aliphatic carbocycles. The van der Waals surface area contributed by atoms with Crippen LogP contribution in [0.1, 0.15) is 18.0 Å². The number of amides is 1. The molecule has 2 heterocycles. The van der Waals surface area contributed by atoms with Crippen LogP contribution in [-0.4, -0.2) is 41.3 Å². The van der Waals surface area contributed by atoms with Crippen LogP contribution in [-0.2, 0) is 9.53 Å². The number of rotatable bonds is 5. The van der Waals surface area contributed by atoms with Crippen molar-refractivity contribution in [1.82, 2.24) is 9.88 Å². The summed E-state index contributed by atoms with van der Waals surface area (Å²) >= 11 is 1.63. The van der Waals surface area contributed by atoms with Crippen molar-refractivity contribution in [3.63, 3.8) is 0 Å². The fourth-order valence-electron chi connectivity index (χ4n) is 1.77. The van der Waals surface area contributed by atoms with Gasteiger partial charge in [0.15, 0.2) is 0 Å². The minimum absolute atomic E-state index is 0.0455. The summed E-state index contributed by atoms with van der Waals surface area (Å²) in [7, 11) is 0. The first-order valence-corrected chi connectivity index (χ1v) is 6.77. The second-order valence-electron chi connectivity index (χ2n) is 3.70. The number of nitrogens with zero attached hydrogens (tertiary/aromatic N) is 2. The number of ether oxygens (including phenoxy) is 1. The van der Waals surface area contributed by atoms with Gasteiger partial charge < -0.3 is 9.64 Å². The highest BCUT2D eigenvalue weighted by Crippen LogP contribution is 2.36. The lowest BCUT2D eigenvalue weighted by molar-refractivity contribution is -0.128. The molecule has 1 saturated heterocycles. The van der Waals surface area contributed by atoms with E-state index in [9.17, 15) is 4.79 Å². The number of thioether (sulfide) groups is 1. The normalized spacial score (nSPS) is 19.9. The zero-order chi connectivity index (χ0) is 12.1. The molecule has 1 amide bonds. The van der Waals surface area contributed by atoms with E-state index in [-0.39, 0.29) is 11.3 Å². The average molecular weight is 252 g/mol. The second-order valence-corrected chi connectivity index (χ2v) is 4.77. The first-order chi connectivity index (χ1) is 8.33. The summed E-state index contributed by atoms with van der Waals surface area (Å²) in [5.41, 5.74) is 0.944. The molecule has 2 rings (SSSR count). The van der Waals surface area contributed by atoms with E-state index in [0.29, 0.717) is 25.5 Å². The van der Waals surface area contributed by atoms with Crippen LogP contribution in [0, 0.1) is 0 Å². The second kappa shape index (κ2) is 6.02. The van der Waals surface area contributed by atoms with Gasteiger partial charge in [-0.15, -0.1) is 11.8 Å². The van der Waals surface area contributed by atoms with Gasteiger partial charge in [-0.3, -0.25) is 9.78 Å². The molecule has 4 nitrogen and oxygen atoms in total. The highest BCUT2D eigenvalue weighted by atomic mass is 32.2. The number of aromatic nitrogens is 1. The van der Waals surface area contributed by atoms with Crippen LogP contribution in [0.4, 0.5) is 0 Å². The minimum atomic E-state index is 0.0455. The number of hydrogen-bond acceptors (Lipinski definition) is 4. The molecule has 0 bridgehead atoms. The summed E-state index contributed by atoms with van der Waals surface area (Å²) < 4.78 is 5.30. The van der Waals surface area contributed by atoms with Gasteiger partial charge in [-0.25, -0.2) is 0 Å². The van der Waals surface area contributed by atoms with Gasteiger partial charge in [-0.2, -0.15) is 0 Å². The molecule has 0 aromatic carbocycles. The van der Waals surface area contributed by atoms with Crippen molar-refractivity contribution < 1.29 is 9.53 Å². The Balaban J connectivity index is 2.03. The van der Waals surface area contributed by atoms with Crippen LogP contribution in [0.5, 0.6) is 0 Å². The summed E-state index contributed by atoms with van der Waals surface area (Å²) in [6, 6.07) is 5.80. The standard InChI is InChI=1S/C12H16N2O2S/c1-2-16-8-7-14-11(15)9-17-12(14)10-5-3-4-6-13-10/h3-6,12H,2,7-9H2,1H3. The molecular weight excluding hydrogens is 236 g/mol. The van der Waals surface area contributed by atoms with Crippen molar-refractivity contribution in [2.45, 2.75) is 12.3 Å². The first kappa shape index (κ1) is 12.4. The SMILES string of the molecule is CCOCCN1C(=O)CSC1c1ccccn1. The van der Waals surface area contributed by atoms with E-state index in [4.69, 9.17) is 4.74 Å². The molecule has 1 atom stereocenters. The lowest BCUT2D eigenvalue weighted by Gasteiger charge is -2.23. The predicted molar refractivity (Wildman–Crippen MR) is 67.6 cm³/mol. The Morgan fingerprint density at radius 3 is 3.18 bits per heavy atom. The quantitative estimate of drug-likeness (QED) is 0.748. The van der Waals surface area contributed by atoms with Gasteiger partial charge >= 0.3 is 0 Å². The van der Waals surface area contributed by atoms with Crippen LogP contribution < -0.4 is 0 Å². The molecule has 0 N–H and O–H groups in total. The Morgan fingerprint density at radius 1 is 1.59 bits per heavy atom. The van der Waals surface area contributed by atoms with E-state index < -0.39 is 0 Å². The lowest BCUT2D eigenvalue weighted by Crippen LogP contribution is -2.31. The smallest absolute Gasteiger partial charge is 0.233 e.